The molecule has 0 unspecified atom stereocenters. The van der Waals surface area contributed by atoms with Crippen molar-refractivity contribution in [1.82, 2.24) is 14.8 Å². The van der Waals surface area contributed by atoms with E-state index in [0.29, 0.717) is 28.6 Å². The van der Waals surface area contributed by atoms with Crippen molar-refractivity contribution < 1.29 is 13.6 Å². The number of halogens is 2. The summed E-state index contributed by atoms with van der Waals surface area (Å²) in [5.74, 6) is -1.68. The normalized spacial score (nSPS) is 11.1. The maximum absolute atomic E-state index is 13.6. The molecule has 0 spiro atoms. The molecule has 23 heavy (non-hydrogen) atoms. The van der Waals surface area contributed by atoms with Crippen molar-refractivity contribution in [3.63, 3.8) is 0 Å². The highest BCUT2D eigenvalue weighted by atomic mass is 19.2. The molecule has 0 N–H and O–H groups in total. The zero-order valence-corrected chi connectivity index (χ0v) is 12.8. The molecular weight excluding hydrogens is 300 g/mol. The van der Waals surface area contributed by atoms with Crippen LogP contribution in [0.4, 0.5) is 8.78 Å². The van der Waals surface area contributed by atoms with Gasteiger partial charge in [0, 0.05) is 18.2 Å². The number of pyridine rings is 1. The monoisotopic (exact) mass is 315 g/mol. The summed E-state index contributed by atoms with van der Waals surface area (Å²) >= 11 is 0. The van der Waals surface area contributed by atoms with Gasteiger partial charge in [-0.1, -0.05) is 6.92 Å². The predicted molar refractivity (Wildman–Crippen MR) is 82.9 cm³/mol. The van der Waals surface area contributed by atoms with Crippen LogP contribution >= 0.6 is 0 Å². The Balaban J connectivity index is 2.09. The standard InChI is InChI=1S/C17H15F2N3O/c1-3-13(23)9-22-16-6-12(7-20-15(16)8-21-22)11-4-10(2)17(19)14(18)5-11/h4-8H,3,9H2,1-2H3. The highest BCUT2D eigenvalue weighted by molar-refractivity contribution is 5.83. The highest BCUT2D eigenvalue weighted by Crippen LogP contribution is 2.26. The molecule has 0 saturated heterocycles. The van der Waals surface area contributed by atoms with Gasteiger partial charge in [-0.15, -0.1) is 0 Å². The van der Waals surface area contributed by atoms with Gasteiger partial charge in [0.05, 0.1) is 11.7 Å². The number of aryl methyl sites for hydroxylation is 1. The molecule has 0 aliphatic rings. The Labute approximate surface area is 131 Å². The Morgan fingerprint density at radius 3 is 2.65 bits per heavy atom. The molecule has 0 bridgehead atoms. The summed E-state index contributed by atoms with van der Waals surface area (Å²) in [6, 6.07) is 4.49. The van der Waals surface area contributed by atoms with E-state index < -0.39 is 11.6 Å². The van der Waals surface area contributed by atoms with Crippen LogP contribution in [0.25, 0.3) is 22.2 Å². The van der Waals surface area contributed by atoms with Gasteiger partial charge in [-0.2, -0.15) is 5.10 Å². The van der Waals surface area contributed by atoms with Crippen molar-refractivity contribution in [3.05, 3.63) is 47.8 Å². The van der Waals surface area contributed by atoms with Crippen molar-refractivity contribution in [2.45, 2.75) is 26.8 Å². The van der Waals surface area contributed by atoms with E-state index in [1.165, 1.54) is 6.92 Å². The van der Waals surface area contributed by atoms with Crippen molar-refractivity contribution in [1.29, 1.82) is 0 Å². The first-order valence-corrected chi connectivity index (χ1v) is 7.29. The second kappa shape index (κ2) is 5.87. The summed E-state index contributed by atoms with van der Waals surface area (Å²) in [5, 5.41) is 4.17. The summed E-state index contributed by atoms with van der Waals surface area (Å²) in [4.78, 5) is 15.9. The molecule has 0 aliphatic carbocycles. The summed E-state index contributed by atoms with van der Waals surface area (Å²) < 4.78 is 28.6. The molecule has 0 fully saturated rings. The van der Waals surface area contributed by atoms with E-state index in [0.717, 1.165) is 6.07 Å². The van der Waals surface area contributed by atoms with E-state index in [-0.39, 0.29) is 17.9 Å². The third-order valence-electron chi connectivity index (χ3n) is 3.76. The number of fused-ring (bicyclic) bond motifs is 1. The summed E-state index contributed by atoms with van der Waals surface area (Å²) in [6.45, 7) is 3.47. The molecule has 2 aromatic heterocycles. The lowest BCUT2D eigenvalue weighted by Gasteiger charge is -2.06. The molecule has 6 heteroatoms. The highest BCUT2D eigenvalue weighted by Gasteiger charge is 2.12. The second-order valence-corrected chi connectivity index (χ2v) is 5.41. The summed E-state index contributed by atoms with van der Waals surface area (Å²) in [6.07, 6.45) is 3.59. The smallest absolute Gasteiger partial charge is 0.161 e. The molecular formula is C17H15F2N3O. The van der Waals surface area contributed by atoms with Crippen molar-refractivity contribution in [3.8, 4) is 11.1 Å². The fourth-order valence-electron chi connectivity index (χ4n) is 2.41. The van der Waals surface area contributed by atoms with Crippen LogP contribution in [0.5, 0.6) is 0 Å². The lowest BCUT2D eigenvalue weighted by atomic mass is 10.0. The van der Waals surface area contributed by atoms with E-state index in [1.54, 1.807) is 36.1 Å². The van der Waals surface area contributed by atoms with Gasteiger partial charge in [0.2, 0.25) is 0 Å². The first-order chi connectivity index (χ1) is 11.0. The van der Waals surface area contributed by atoms with Crippen LogP contribution in [0.3, 0.4) is 0 Å². The van der Waals surface area contributed by atoms with Gasteiger partial charge in [0.1, 0.15) is 12.1 Å². The zero-order valence-electron chi connectivity index (χ0n) is 12.8. The van der Waals surface area contributed by atoms with Gasteiger partial charge in [-0.3, -0.25) is 14.5 Å². The lowest BCUT2D eigenvalue weighted by molar-refractivity contribution is -0.119. The molecule has 118 valence electrons. The molecule has 4 nitrogen and oxygen atoms in total. The van der Waals surface area contributed by atoms with E-state index in [2.05, 4.69) is 10.1 Å². The molecule has 0 radical (unpaired) electrons. The SMILES string of the molecule is CCC(=O)Cn1ncc2ncc(-c3cc(C)c(F)c(F)c3)cc21. The molecule has 3 rings (SSSR count). The van der Waals surface area contributed by atoms with E-state index in [9.17, 15) is 13.6 Å². The van der Waals surface area contributed by atoms with Crippen molar-refractivity contribution >= 4 is 16.8 Å². The van der Waals surface area contributed by atoms with Crippen LogP contribution in [0, 0.1) is 18.6 Å². The number of hydrogen-bond donors (Lipinski definition) is 0. The minimum atomic E-state index is -0.894. The Morgan fingerprint density at radius 2 is 1.96 bits per heavy atom. The second-order valence-electron chi connectivity index (χ2n) is 5.41. The summed E-state index contributed by atoms with van der Waals surface area (Å²) in [5.41, 5.74) is 2.74. The molecule has 0 saturated carbocycles. The van der Waals surface area contributed by atoms with Crippen molar-refractivity contribution in [2.75, 3.05) is 0 Å². The largest absolute Gasteiger partial charge is 0.298 e. The number of benzene rings is 1. The number of ketones is 1. The first-order valence-electron chi connectivity index (χ1n) is 7.29. The molecule has 3 aromatic rings. The zero-order chi connectivity index (χ0) is 16.6. The number of hydrogen-bond acceptors (Lipinski definition) is 3. The Bertz CT molecular complexity index is 879. The average Bonchev–Trinajstić information content (AvgIpc) is 2.94. The van der Waals surface area contributed by atoms with Crippen LogP contribution in [-0.4, -0.2) is 20.5 Å². The number of carbonyl (C=O) groups excluding carboxylic acids is 1. The van der Waals surface area contributed by atoms with Crippen LogP contribution in [0.15, 0.2) is 30.6 Å². The van der Waals surface area contributed by atoms with Gasteiger partial charge >= 0.3 is 0 Å². The van der Waals surface area contributed by atoms with Gasteiger partial charge in [0.25, 0.3) is 0 Å². The molecule has 0 atom stereocenters. The Hall–Kier alpha value is -2.63. The minimum Gasteiger partial charge on any atom is -0.298 e. The maximum Gasteiger partial charge on any atom is 0.161 e. The van der Waals surface area contributed by atoms with E-state index in [1.807, 2.05) is 0 Å². The van der Waals surface area contributed by atoms with Crippen LogP contribution in [0.1, 0.15) is 18.9 Å². The van der Waals surface area contributed by atoms with Crippen LogP contribution < -0.4 is 0 Å². The number of aromatic nitrogens is 3. The van der Waals surface area contributed by atoms with Gasteiger partial charge in [-0.25, -0.2) is 8.78 Å². The average molecular weight is 315 g/mol. The maximum atomic E-state index is 13.6. The molecule has 0 amide bonds. The lowest BCUT2D eigenvalue weighted by Crippen LogP contribution is -2.09. The number of nitrogens with zero attached hydrogens (tertiary/aromatic N) is 3. The first kappa shape index (κ1) is 15.3. The van der Waals surface area contributed by atoms with Crippen LogP contribution in [0.2, 0.25) is 0 Å². The Morgan fingerprint density at radius 1 is 1.17 bits per heavy atom. The molecule has 0 aliphatic heterocycles. The third kappa shape index (κ3) is 2.84. The van der Waals surface area contributed by atoms with Crippen LogP contribution in [-0.2, 0) is 11.3 Å². The molecule has 1 aromatic carbocycles. The number of Topliss-reactive ketones (excluding diaryl/α,β-unsaturated/α-hetero) is 1. The number of carbonyl (C=O) groups is 1. The fraction of sp³-hybridized carbons (Fsp3) is 0.235. The summed E-state index contributed by atoms with van der Waals surface area (Å²) in [7, 11) is 0. The van der Waals surface area contributed by atoms with Gasteiger partial charge < -0.3 is 0 Å². The quantitative estimate of drug-likeness (QED) is 0.738. The van der Waals surface area contributed by atoms with Crippen molar-refractivity contribution in [2.24, 2.45) is 0 Å². The third-order valence-corrected chi connectivity index (χ3v) is 3.76. The topological polar surface area (TPSA) is 47.8 Å². The van der Waals surface area contributed by atoms with Gasteiger partial charge in [-0.05, 0) is 36.2 Å². The minimum absolute atomic E-state index is 0.0593. The predicted octanol–water partition coefficient (Wildman–Crippen LogP) is 3.66. The van der Waals surface area contributed by atoms with E-state index >= 15 is 0 Å². The Kier molecular flexibility index (Phi) is 3.90. The van der Waals surface area contributed by atoms with E-state index in [4.69, 9.17) is 0 Å². The van der Waals surface area contributed by atoms with Gasteiger partial charge in [0.15, 0.2) is 17.4 Å². The fourth-order valence-corrected chi connectivity index (χ4v) is 2.41. The number of rotatable bonds is 4. The molecule has 2 heterocycles.